The minimum Gasteiger partial charge on any atom is -0.495 e. The third-order valence-corrected chi connectivity index (χ3v) is 7.28. The van der Waals surface area contributed by atoms with E-state index >= 15 is 0 Å². The first-order chi connectivity index (χ1) is 18.9. The second-order valence-electron chi connectivity index (χ2n) is 9.21. The Bertz CT molecular complexity index is 1580. The highest BCUT2D eigenvalue weighted by Crippen LogP contribution is 2.39. The molecular weight excluding hydrogens is 516 g/mol. The molecule has 0 amide bonds. The Labute approximate surface area is 232 Å². The Kier molecular flexibility index (Phi) is 7.60. The number of benzene rings is 3. The quantitative estimate of drug-likeness (QED) is 0.239. The van der Waals surface area contributed by atoms with Crippen LogP contribution in [0.2, 0.25) is 0 Å². The Hall–Kier alpha value is -4.24. The van der Waals surface area contributed by atoms with Crippen LogP contribution in [0.25, 0.3) is 11.0 Å². The van der Waals surface area contributed by atoms with E-state index in [-0.39, 0.29) is 12.6 Å². The predicted molar refractivity (Wildman–Crippen MR) is 155 cm³/mol. The van der Waals surface area contributed by atoms with Crippen molar-refractivity contribution in [1.82, 2.24) is 4.90 Å². The van der Waals surface area contributed by atoms with Crippen LogP contribution in [-0.4, -0.2) is 44.5 Å². The monoisotopic (exact) mass is 546 g/mol. The summed E-state index contributed by atoms with van der Waals surface area (Å²) in [6, 6.07) is 18.4. The van der Waals surface area contributed by atoms with E-state index in [1.807, 2.05) is 55.5 Å². The summed E-state index contributed by atoms with van der Waals surface area (Å²) in [4.78, 5) is 14.0. The number of fused-ring (bicyclic) bond motifs is 2. The molecule has 1 aliphatic rings. The average molecular weight is 547 g/mol. The van der Waals surface area contributed by atoms with Crippen molar-refractivity contribution in [1.29, 1.82) is 0 Å². The molecule has 4 aromatic rings. The van der Waals surface area contributed by atoms with Crippen LogP contribution in [0.15, 0.2) is 69.9 Å². The molecule has 3 aromatic carbocycles. The molecule has 1 aromatic heterocycles. The van der Waals surface area contributed by atoms with Gasteiger partial charge in [-0.25, -0.2) is 4.79 Å². The second kappa shape index (κ2) is 11.2. The summed E-state index contributed by atoms with van der Waals surface area (Å²) in [6.45, 7) is 2.84. The minimum absolute atomic E-state index is 0.233. The molecule has 0 saturated carbocycles. The van der Waals surface area contributed by atoms with Gasteiger partial charge in [0.1, 0.15) is 23.7 Å². The zero-order valence-electron chi connectivity index (χ0n) is 22.3. The molecule has 2 heterocycles. The van der Waals surface area contributed by atoms with E-state index < -0.39 is 5.63 Å². The molecule has 0 fully saturated rings. The summed E-state index contributed by atoms with van der Waals surface area (Å²) >= 11 is 5.90. The topological polar surface area (TPSA) is 82.4 Å². The van der Waals surface area contributed by atoms with Gasteiger partial charge in [-0.05, 0) is 78.7 Å². The van der Waals surface area contributed by atoms with Crippen LogP contribution in [0, 0.1) is 6.92 Å². The summed E-state index contributed by atoms with van der Waals surface area (Å²) in [5, 5.41) is 4.77. The van der Waals surface area contributed by atoms with Gasteiger partial charge in [-0.15, -0.1) is 0 Å². The largest absolute Gasteiger partial charge is 0.495 e. The van der Waals surface area contributed by atoms with Crippen LogP contribution in [0.3, 0.4) is 0 Å². The van der Waals surface area contributed by atoms with Gasteiger partial charge in [-0.3, -0.25) is 0 Å². The van der Waals surface area contributed by atoms with Crippen molar-refractivity contribution in [3.8, 4) is 23.0 Å². The number of rotatable bonds is 7. The van der Waals surface area contributed by atoms with Crippen LogP contribution < -0.4 is 29.9 Å². The van der Waals surface area contributed by atoms with E-state index in [0.717, 1.165) is 34.2 Å². The number of hydrogen-bond donors (Lipinski definition) is 1. The number of nitrogens with zero attached hydrogens (tertiary/aromatic N) is 1. The van der Waals surface area contributed by atoms with Crippen molar-refractivity contribution >= 4 is 34.0 Å². The number of methoxy groups -OCH3 is 3. The summed E-state index contributed by atoms with van der Waals surface area (Å²) in [5.74, 6) is 2.60. The lowest BCUT2D eigenvalue weighted by atomic mass is 9.92. The molecule has 8 nitrogen and oxygen atoms in total. The highest BCUT2D eigenvalue weighted by molar-refractivity contribution is 7.80. The van der Waals surface area contributed by atoms with Crippen LogP contribution >= 0.6 is 12.2 Å². The fourth-order valence-electron chi connectivity index (χ4n) is 4.96. The lowest BCUT2D eigenvalue weighted by Crippen LogP contribution is -2.44. The standard InChI is InChI=1S/C30H30N2O6S/c1-18-13-29(33)38-26-15-20(9-10-21(18)26)37-17-24-22-16-28(36-4)27(35-3)14-19(22)11-12-32(24)30(39)31-23-7-5-6-8-25(23)34-2/h5-10,13-16,24H,11-12,17H2,1-4H3,(H,31,39)/t24-/m1/s1. The van der Waals surface area contributed by atoms with Crippen molar-refractivity contribution < 1.29 is 23.4 Å². The van der Waals surface area contributed by atoms with Gasteiger partial charge < -0.3 is 33.6 Å². The van der Waals surface area contributed by atoms with Gasteiger partial charge in [-0.2, -0.15) is 0 Å². The normalized spacial score (nSPS) is 14.5. The van der Waals surface area contributed by atoms with Gasteiger partial charge >= 0.3 is 5.63 Å². The lowest BCUT2D eigenvalue weighted by molar-refractivity contribution is 0.190. The van der Waals surface area contributed by atoms with Gasteiger partial charge in [-0.1, -0.05) is 12.1 Å². The zero-order valence-corrected chi connectivity index (χ0v) is 23.1. The van der Waals surface area contributed by atoms with E-state index in [4.69, 9.17) is 35.6 Å². The lowest BCUT2D eigenvalue weighted by Gasteiger charge is -2.39. The van der Waals surface area contributed by atoms with Gasteiger partial charge in [0, 0.05) is 24.1 Å². The van der Waals surface area contributed by atoms with Gasteiger partial charge in [0.2, 0.25) is 0 Å². The number of hydrogen-bond acceptors (Lipinski definition) is 7. The zero-order chi connectivity index (χ0) is 27.5. The minimum atomic E-state index is -0.390. The van der Waals surface area contributed by atoms with E-state index in [1.54, 1.807) is 27.4 Å². The number of anilines is 1. The van der Waals surface area contributed by atoms with E-state index in [0.29, 0.717) is 40.2 Å². The number of thiocarbonyl (C=S) groups is 1. The van der Waals surface area contributed by atoms with E-state index in [2.05, 4.69) is 10.2 Å². The highest BCUT2D eigenvalue weighted by Gasteiger charge is 2.32. The first kappa shape index (κ1) is 26.4. The molecule has 0 aliphatic carbocycles. The molecule has 39 heavy (non-hydrogen) atoms. The molecule has 1 aliphatic heterocycles. The fraction of sp³-hybridized carbons (Fsp3) is 0.267. The second-order valence-corrected chi connectivity index (χ2v) is 9.60. The molecule has 0 radical (unpaired) electrons. The summed E-state index contributed by atoms with van der Waals surface area (Å²) < 4.78 is 28.4. The van der Waals surface area contributed by atoms with Gasteiger partial charge in [0.25, 0.3) is 0 Å². The van der Waals surface area contributed by atoms with E-state index in [1.165, 1.54) is 6.07 Å². The molecule has 0 unspecified atom stereocenters. The first-order valence-electron chi connectivity index (χ1n) is 12.5. The maximum Gasteiger partial charge on any atom is 0.336 e. The molecule has 1 N–H and O–H groups in total. The summed E-state index contributed by atoms with van der Waals surface area (Å²) in [7, 11) is 4.88. The number of nitrogens with one attached hydrogen (secondary N) is 1. The smallest absolute Gasteiger partial charge is 0.336 e. The van der Waals surface area contributed by atoms with Crippen molar-refractivity contribution in [2.75, 3.05) is 39.8 Å². The van der Waals surface area contributed by atoms with Crippen molar-refractivity contribution in [2.24, 2.45) is 0 Å². The van der Waals surface area contributed by atoms with Crippen LogP contribution in [0.1, 0.15) is 22.7 Å². The predicted octanol–water partition coefficient (Wildman–Crippen LogP) is 5.50. The third-order valence-electron chi connectivity index (χ3n) is 6.94. The summed E-state index contributed by atoms with van der Waals surface area (Å²) in [6.07, 6.45) is 0.764. The fourth-order valence-corrected chi connectivity index (χ4v) is 5.28. The van der Waals surface area contributed by atoms with Gasteiger partial charge in [0.15, 0.2) is 16.6 Å². The first-order valence-corrected chi connectivity index (χ1v) is 13.0. The maximum absolute atomic E-state index is 11.9. The Morgan fingerprint density at radius 3 is 2.51 bits per heavy atom. The molecule has 9 heteroatoms. The molecule has 0 spiro atoms. The molecular formula is C30H30N2O6S. The van der Waals surface area contributed by atoms with Crippen LogP contribution in [0.5, 0.6) is 23.0 Å². The summed E-state index contributed by atoms with van der Waals surface area (Å²) in [5.41, 5.74) is 3.90. The Morgan fingerprint density at radius 2 is 1.74 bits per heavy atom. The van der Waals surface area contributed by atoms with Crippen molar-refractivity contribution in [3.05, 3.63) is 87.8 Å². The SMILES string of the molecule is COc1ccccc1NC(=S)N1CCc2cc(OC)c(OC)cc2[C@H]1COc1ccc2c(C)cc(=O)oc2c1. The number of ether oxygens (including phenoxy) is 4. The molecule has 5 rings (SSSR count). The highest BCUT2D eigenvalue weighted by atomic mass is 32.1. The van der Waals surface area contributed by atoms with Crippen LogP contribution in [-0.2, 0) is 6.42 Å². The molecule has 0 saturated heterocycles. The van der Waals surface area contributed by atoms with E-state index in [9.17, 15) is 4.79 Å². The van der Waals surface area contributed by atoms with Gasteiger partial charge in [0.05, 0.1) is 33.1 Å². The van der Waals surface area contributed by atoms with Crippen LogP contribution in [0.4, 0.5) is 5.69 Å². The Balaban J connectivity index is 1.48. The third kappa shape index (κ3) is 5.35. The van der Waals surface area contributed by atoms with Crippen molar-refractivity contribution in [2.45, 2.75) is 19.4 Å². The molecule has 202 valence electrons. The van der Waals surface area contributed by atoms with Crippen molar-refractivity contribution in [3.63, 3.8) is 0 Å². The molecule has 1 atom stereocenters. The molecule has 0 bridgehead atoms. The number of aryl methyl sites for hydroxylation is 1. The maximum atomic E-state index is 11.9. The number of para-hydroxylation sites is 2. The average Bonchev–Trinajstić information content (AvgIpc) is 2.94. The Morgan fingerprint density at radius 1 is 1.00 bits per heavy atom.